The van der Waals surface area contributed by atoms with Crippen LogP contribution in [-0.2, 0) is 0 Å². The predicted molar refractivity (Wildman–Crippen MR) is 88.3 cm³/mol. The topological polar surface area (TPSA) is 81.5 Å². The fourth-order valence-electron chi connectivity index (χ4n) is 1.92. The third-order valence-electron chi connectivity index (χ3n) is 2.90. The Balaban J connectivity index is 2.29. The summed E-state index contributed by atoms with van der Waals surface area (Å²) in [4.78, 5) is 22.7. The number of ether oxygens (including phenoxy) is 1. The molecule has 0 aliphatic heterocycles. The minimum absolute atomic E-state index is 0.0923. The van der Waals surface area contributed by atoms with Gasteiger partial charge in [-0.2, -0.15) is 0 Å². The number of carbonyl (C=O) groups excluding carboxylic acids is 1. The summed E-state index contributed by atoms with van der Waals surface area (Å²) in [5.41, 5.74) is 0.338. The number of nitro benzene ring substituents is 1. The van der Waals surface area contributed by atoms with E-state index >= 15 is 0 Å². The number of hydrogen-bond acceptors (Lipinski definition) is 4. The van der Waals surface area contributed by atoms with E-state index in [2.05, 4.69) is 5.32 Å². The lowest BCUT2D eigenvalue weighted by Crippen LogP contribution is -2.16. The lowest BCUT2D eigenvalue weighted by atomic mass is 10.1. The molecule has 0 heterocycles. The van der Waals surface area contributed by atoms with Crippen molar-refractivity contribution in [3.05, 3.63) is 63.2 Å². The highest BCUT2D eigenvalue weighted by molar-refractivity contribution is 6.34. The molecule has 23 heavy (non-hydrogen) atoms. The van der Waals surface area contributed by atoms with Crippen molar-refractivity contribution in [3.8, 4) is 5.75 Å². The maximum atomic E-state index is 12.4. The molecule has 0 spiro atoms. The first-order valence-corrected chi connectivity index (χ1v) is 7.27. The van der Waals surface area contributed by atoms with Crippen LogP contribution in [0.1, 0.15) is 24.2 Å². The molecule has 6 nitrogen and oxygen atoms in total. The molecule has 0 saturated carbocycles. The number of nitrogens with zero attached hydrogens (tertiary/aromatic N) is 1. The van der Waals surface area contributed by atoms with Crippen LogP contribution in [0, 0.1) is 10.1 Å². The lowest BCUT2D eigenvalue weighted by Gasteiger charge is -2.14. The minimum Gasteiger partial charge on any atom is -0.490 e. The number of halogens is 1. The number of nitro groups is 1. The van der Waals surface area contributed by atoms with E-state index in [0.29, 0.717) is 11.3 Å². The van der Waals surface area contributed by atoms with Gasteiger partial charge >= 0.3 is 0 Å². The monoisotopic (exact) mass is 334 g/mol. The molecule has 2 aromatic rings. The largest absolute Gasteiger partial charge is 0.490 e. The molecule has 0 aromatic heterocycles. The fraction of sp³-hybridized carbons (Fsp3) is 0.188. The van der Waals surface area contributed by atoms with Crippen molar-refractivity contribution >= 4 is 28.9 Å². The molecule has 2 rings (SSSR count). The van der Waals surface area contributed by atoms with Crippen LogP contribution >= 0.6 is 11.6 Å². The van der Waals surface area contributed by atoms with Crippen LogP contribution in [0.15, 0.2) is 42.5 Å². The van der Waals surface area contributed by atoms with Crippen molar-refractivity contribution < 1.29 is 14.5 Å². The summed E-state index contributed by atoms with van der Waals surface area (Å²) in [7, 11) is 0. The average Bonchev–Trinajstić information content (AvgIpc) is 2.49. The van der Waals surface area contributed by atoms with Crippen LogP contribution in [0.3, 0.4) is 0 Å². The van der Waals surface area contributed by atoms with Gasteiger partial charge in [0.05, 0.1) is 27.3 Å². The summed E-state index contributed by atoms with van der Waals surface area (Å²) in [6, 6.07) is 10.6. The van der Waals surface area contributed by atoms with E-state index < -0.39 is 10.8 Å². The Morgan fingerprint density at radius 3 is 2.61 bits per heavy atom. The smallest absolute Gasteiger partial charge is 0.271 e. The summed E-state index contributed by atoms with van der Waals surface area (Å²) in [6.07, 6.45) is -0.0923. The summed E-state index contributed by atoms with van der Waals surface area (Å²) < 4.78 is 5.59. The SMILES string of the molecule is CC(C)Oc1ccccc1C(=O)Nc1cc([N+](=O)[O-])ccc1Cl. The van der Waals surface area contributed by atoms with Gasteiger partial charge in [-0.1, -0.05) is 23.7 Å². The van der Waals surface area contributed by atoms with Gasteiger partial charge in [0.15, 0.2) is 0 Å². The number of carbonyl (C=O) groups is 1. The Hall–Kier alpha value is -2.60. The number of rotatable bonds is 5. The van der Waals surface area contributed by atoms with Crippen molar-refractivity contribution in [1.82, 2.24) is 0 Å². The van der Waals surface area contributed by atoms with Crippen molar-refractivity contribution in [3.63, 3.8) is 0 Å². The molecule has 120 valence electrons. The predicted octanol–water partition coefficient (Wildman–Crippen LogP) is 4.29. The van der Waals surface area contributed by atoms with Crippen molar-refractivity contribution in [2.45, 2.75) is 20.0 Å². The third-order valence-corrected chi connectivity index (χ3v) is 3.23. The number of amides is 1. The molecular formula is C16H15ClN2O4. The quantitative estimate of drug-likeness (QED) is 0.653. The highest BCUT2D eigenvalue weighted by Crippen LogP contribution is 2.28. The number of para-hydroxylation sites is 1. The van der Waals surface area contributed by atoms with Gasteiger partial charge in [-0.3, -0.25) is 14.9 Å². The number of hydrogen-bond donors (Lipinski definition) is 1. The molecule has 0 saturated heterocycles. The number of anilines is 1. The highest BCUT2D eigenvalue weighted by atomic mass is 35.5. The van der Waals surface area contributed by atoms with Crippen LogP contribution in [0.5, 0.6) is 5.75 Å². The van der Waals surface area contributed by atoms with E-state index in [1.807, 2.05) is 13.8 Å². The fourth-order valence-corrected chi connectivity index (χ4v) is 2.09. The standard InChI is InChI=1S/C16H15ClN2O4/c1-10(2)23-15-6-4-3-5-12(15)16(20)18-14-9-11(19(21)22)7-8-13(14)17/h3-10H,1-2H3,(H,18,20). The maximum Gasteiger partial charge on any atom is 0.271 e. The van der Waals surface area contributed by atoms with E-state index in [1.165, 1.54) is 18.2 Å². The van der Waals surface area contributed by atoms with Crippen LogP contribution in [0.25, 0.3) is 0 Å². The molecule has 1 N–H and O–H groups in total. The highest BCUT2D eigenvalue weighted by Gasteiger charge is 2.16. The second kappa shape index (κ2) is 7.11. The van der Waals surface area contributed by atoms with E-state index in [1.54, 1.807) is 24.3 Å². The van der Waals surface area contributed by atoms with Gasteiger partial charge in [-0.15, -0.1) is 0 Å². The molecule has 1 amide bonds. The molecule has 0 fully saturated rings. The molecule has 0 aliphatic carbocycles. The Labute approximate surface area is 138 Å². The van der Waals surface area contributed by atoms with Crippen LogP contribution in [0.2, 0.25) is 5.02 Å². The average molecular weight is 335 g/mol. The Bertz CT molecular complexity index is 747. The summed E-state index contributed by atoms with van der Waals surface area (Å²) >= 11 is 5.99. The molecule has 0 aliphatic rings. The minimum atomic E-state index is -0.554. The first-order chi connectivity index (χ1) is 10.9. The summed E-state index contributed by atoms with van der Waals surface area (Å²) in [5.74, 6) is -0.0230. The molecule has 0 atom stereocenters. The van der Waals surface area contributed by atoms with Gasteiger partial charge in [0.2, 0.25) is 0 Å². The normalized spacial score (nSPS) is 10.4. The van der Waals surface area contributed by atoms with Crippen molar-refractivity contribution in [2.75, 3.05) is 5.32 Å². The Morgan fingerprint density at radius 1 is 1.26 bits per heavy atom. The van der Waals surface area contributed by atoms with Gasteiger partial charge in [-0.25, -0.2) is 0 Å². The van der Waals surface area contributed by atoms with Crippen molar-refractivity contribution in [2.24, 2.45) is 0 Å². The van der Waals surface area contributed by atoms with E-state index in [9.17, 15) is 14.9 Å². The molecule has 2 aromatic carbocycles. The zero-order valence-electron chi connectivity index (χ0n) is 12.6. The zero-order chi connectivity index (χ0) is 17.0. The number of benzene rings is 2. The van der Waals surface area contributed by atoms with Gasteiger partial charge in [0.25, 0.3) is 11.6 Å². The Morgan fingerprint density at radius 2 is 1.96 bits per heavy atom. The van der Waals surface area contributed by atoms with E-state index in [4.69, 9.17) is 16.3 Å². The summed E-state index contributed by atoms with van der Waals surface area (Å²) in [5, 5.41) is 13.6. The van der Waals surface area contributed by atoms with E-state index in [0.717, 1.165) is 0 Å². The first-order valence-electron chi connectivity index (χ1n) is 6.89. The third kappa shape index (κ3) is 4.20. The van der Waals surface area contributed by atoms with Crippen LogP contribution in [0.4, 0.5) is 11.4 Å². The van der Waals surface area contributed by atoms with Crippen LogP contribution < -0.4 is 10.1 Å². The number of nitrogens with one attached hydrogen (secondary N) is 1. The van der Waals surface area contributed by atoms with Crippen molar-refractivity contribution in [1.29, 1.82) is 0 Å². The van der Waals surface area contributed by atoms with Gasteiger partial charge in [0.1, 0.15) is 5.75 Å². The lowest BCUT2D eigenvalue weighted by molar-refractivity contribution is -0.384. The second-order valence-electron chi connectivity index (χ2n) is 5.04. The van der Waals surface area contributed by atoms with Crippen LogP contribution in [-0.4, -0.2) is 16.9 Å². The molecule has 0 unspecified atom stereocenters. The van der Waals surface area contributed by atoms with Gasteiger partial charge in [-0.05, 0) is 32.0 Å². The second-order valence-corrected chi connectivity index (χ2v) is 5.45. The van der Waals surface area contributed by atoms with Gasteiger partial charge < -0.3 is 10.1 Å². The number of non-ortho nitro benzene ring substituents is 1. The maximum absolute atomic E-state index is 12.4. The first kappa shape index (κ1) is 16.8. The molecule has 0 bridgehead atoms. The zero-order valence-corrected chi connectivity index (χ0v) is 13.3. The van der Waals surface area contributed by atoms with Gasteiger partial charge in [0, 0.05) is 12.1 Å². The van der Waals surface area contributed by atoms with E-state index in [-0.39, 0.29) is 22.5 Å². The molecular weight excluding hydrogens is 320 g/mol. The Kier molecular flexibility index (Phi) is 5.18. The molecule has 0 radical (unpaired) electrons. The molecule has 7 heteroatoms. The summed E-state index contributed by atoms with van der Waals surface area (Å²) in [6.45, 7) is 3.71.